The second-order valence-electron chi connectivity index (χ2n) is 4.58. The van der Waals surface area contributed by atoms with Crippen LogP contribution in [-0.4, -0.2) is 53.7 Å². The molecule has 0 aromatic carbocycles. The summed E-state index contributed by atoms with van der Waals surface area (Å²) in [7, 11) is 1.72. The summed E-state index contributed by atoms with van der Waals surface area (Å²) in [4.78, 5) is 28.3. The van der Waals surface area contributed by atoms with Gasteiger partial charge < -0.3 is 14.7 Å². The van der Waals surface area contributed by atoms with Gasteiger partial charge in [0.05, 0.1) is 0 Å². The Balaban J connectivity index is 1.95. The van der Waals surface area contributed by atoms with Crippen molar-refractivity contribution in [2.45, 2.75) is 12.8 Å². The first-order valence-electron chi connectivity index (χ1n) is 6.10. The van der Waals surface area contributed by atoms with Gasteiger partial charge in [0.1, 0.15) is 0 Å². The molecule has 0 bridgehead atoms. The molecule has 1 N–H and O–H groups in total. The van der Waals surface area contributed by atoms with Crippen LogP contribution in [0.5, 0.6) is 0 Å². The summed E-state index contributed by atoms with van der Waals surface area (Å²) < 4.78 is 5.28. The standard InChI is InChI=1S/C12H16N2O4S/c1-14(6-8-2-4-18-5-3-8)11(15)10-13-9(7-19-10)12(16)17/h7-8H,2-6H2,1H3,(H,16,17). The molecule has 2 rings (SSSR count). The molecule has 0 aliphatic carbocycles. The number of carbonyl (C=O) groups is 2. The normalized spacial score (nSPS) is 16.3. The van der Waals surface area contributed by atoms with Gasteiger partial charge in [-0.05, 0) is 18.8 Å². The minimum atomic E-state index is -1.11. The van der Waals surface area contributed by atoms with E-state index in [4.69, 9.17) is 9.84 Å². The van der Waals surface area contributed by atoms with Crippen molar-refractivity contribution in [1.82, 2.24) is 9.88 Å². The van der Waals surface area contributed by atoms with Crippen molar-refractivity contribution in [3.8, 4) is 0 Å². The molecule has 19 heavy (non-hydrogen) atoms. The van der Waals surface area contributed by atoms with Crippen LogP contribution in [-0.2, 0) is 4.74 Å². The fraction of sp³-hybridized carbons (Fsp3) is 0.583. The van der Waals surface area contributed by atoms with Gasteiger partial charge in [0.2, 0.25) is 0 Å². The molecule has 1 saturated heterocycles. The van der Waals surface area contributed by atoms with Crippen molar-refractivity contribution in [3.63, 3.8) is 0 Å². The van der Waals surface area contributed by atoms with Crippen LogP contribution in [0.3, 0.4) is 0 Å². The molecule has 1 aliphatic heterocycles. The van der Waals surface area contributed by atoms with Gasteiger partial charge >= 0.3 is 5.97 Å². The van der Waals surface area contributed by atoms with E-state index in [-0.39, 0.29) is 16.6 Å². The Morgan fingerprint density at radius 1 is 1.53 bits per heavy atom. The minimum Gasteiger partial charge on any atom is -0.476 e. The summed E-state index contributed by atoms with van der Waals surface area (Å²) in [5, 5.41) is 10.4. The Kier molecular flexibility index (Phi) is 4.49. The quantitative estimate of drug-likeness (QED) is 0.902. The van der Waals surface area contributed by atoms with Crippen molar-refractivity contribution in [3.05, 3.63) is 16.1 Å². The molecule has 1 fully saturated rings. The zero-order chi connectivity index (χ0) is 13.8. The van der Waals surface area contributed by atoms with Crippen LogP contribution < -0.4 is 0 Å². The van der Waals surface area contributed by atoms with Gasteiger partial charge in [-0.2, -0.15) is 0 Å². The van der Waals surface area contributed by atoms with E-state index in [0.717, 1.165) is 37.4 Å². The predicted molar refractivity (Wildman–Crippen MR) is 69.6 cm³/mol. The smallest absolute Gasteiger partial charge is 0.355 e. The molecule has 0 radical (unpaired) electrons. The van der Waals surface area contributed by atoms with E-state index in [2.05, 4.69) is 4.98 Å². The molecule has 1 aromatic heterocycles. The van der Waals surface area contributed by atoms with E-state index >= 15 is 0 Å². The van der Waals surface area contributed by atoms with E-state index < -0.39 is 5.97 Å². The summed E-state index contributed by atoms with van der Waals surface area (Å²) in [6, 6.07) is 0. The zero-order valence-corrected chi connectivity index (χ0v) is 11.5. The van der Waals surface area contributed by atoms with E-state index in [9.17, 15) is 9.59 Å². The van der Waals surface area contributed by atoms with Crippen LogP contribution in [0.1, 0.15) is 33.1 Å². The number of aromatic carboxylic acids is 1. The number of carboxylic acid groups (broad SMARTS) is 1. The summed E-state index contributed by atoms with van der Waals surface area (Å²) in [6.07, 6.45) is 1.91. The molecule has 104 valence electrons. The molecule has 0 unspecified atom stereocenters. The lowest BCUT2D eigenvalue weighted by atomic mass is 10.00. The Hall–Kier alpha value is -1.47. The van der Waals surface area contributed by atoms with Crippen molar-refractivity contribution >= 4 is 23.2 Å². The van der Waals surface area contributed by atoms with Gasteiger partial charge in [-0.25, -0.2) is 9.78 Å². The van der Waals surface area contributed by atoms with Crippen LogP contribution in [0.2, 0.25) is 0 Å². The molecular weight excluding hydrogens is 268 g/mol. The maximum atomic E-state index is 12.1. The number of nitrogens with zero attached hydrogens (tertiary/aromatic N) is 2. The third kappa shape index (κ3) is 3.51. The summed E-state index contributed by atoms with van der Waals surface area (Å²) in [5.41, 5.74) is -0.0761. The lowest BCUT2D eigenvalue weighted by Crippen LogP contribution is -2.34. The Morgan fingerprint density at radius 3 is 2.79 bits per heavy atom. The van der Waals surface area contributed by atoms with Crippen LogP contribution in [0.4, 0.5) is 0 Å². The first-order valence-corrected chi connectivity index (χ1v) is 6.98. The summed E-state index contributed by atoms with van der Waals surface area (Å²) >= 11 is 1.07. The second-order valence-corrected chi connectivity index (χ2v) is 5.44. The fourth-order valence-corrected chi connectivity index (χ4v) is 2.82. The van der Waals surface area contributed by atoms with Crippen molar-refractivity contribution in [1.29, 1.82) is 0 Å². The van der Waals surface area contributed by atoms with Crippen molar-refractivity contribution < 1.29 is 19.4 Å². The lowest BCUT2D eigenvalue weighted by Gasteiger charge is -2.26. The topological polar surface area (TPSA) is 79.7 Å². The molecule has 1 aliphatic rings. The van der Waals surface area contributed by atoms with Crippen molar-refractivity contribution in [2.75, 3.05) is 26.8 Å². The van der Waals surface area contributed by atoms with Gasteiger partial charge in [0, 0.05) is 32.2 Å². The molecule has 6 nitrogen and oxygen atoms in total. The largest absolute Gasteiger partial charge is 0.476 e. The Bertz CT molecular complexity index is 468. The average Bonchev–Trinajstić information content (AvgIpc) is 2.88. The van der Waals surface area contributed by atoms with E-state index in [1.54, 1.807) is 11.9 Å². The molecule has 0 saturated carbocycles. The van der Waals surface area contributed by atoms with E-state index in [0.29, 0.717) is 12.5 Å². The van der Waals surface area contributed by atoms with Gasteiger partial charge in [0.25, 0.3) is 5.91 Å². The van der Waals surface area contributed by atoms with Gasteiger partial charge in [-0.3, -0.25) is 4.79 Å². The lowest BCUT2D eigenvalue weighted by molar-refractivity contribution is 0.0497. The highest BCUT2D eigenvalue weighted by Crippen LogP contribution is 2.18. The zero-order valence-electron chi connectivity index (χ0n) is 10.7. The molecule has 1 amide bonds. The predicted octanol–water partition coefficient (Wildman–Crippen LogP) is 1.34. The molecule has 1 aromatic rings. The van der Waals surface area contributed by atoms with E-state index in [1.165, 1.54) is 5.38 Å². The monoisotopic (exact) mass is 284 g/mol. The van der Waals surface area contributed by atoms with E-state index in [1.807, 2.05) is 0 Å². The first-order chi connectivity index (χ1) is 9.08. The van der Waals surface area contributed by atoms with Crippen molar-refractivity contribution in [2.24, 2.45) is 5.92 Å². The number of carbonyl (C=O) groups excluding carboxylic acids is 1. The maximum Gasteiger partial charge on any atom is 0.355 e. The number of amides is 1. The van der Waals surface area contributed by atoms with Crippen LogP contribution >= 0.6 is 11.3 Å². The highest BCUT2D eigenvalue weighted by Gasteiger charge is 2.22. The number of thiazole rings is 1. The Labute approximate surface area is 115 Å². The third-order valence-corrected chi connectivity index (χ3v) is 3.96. The summed E-state index contributed by atoms with van der Waals surface area (Å²) in [6.45, 7) is 2.14. The SMILES string of the molecule is CN(CC1CCOCC1)C(=O)c1nc(C(=O)O)cs1. The molecule has 0 atom stereocenters. The number of ether oxygens (including phenoxy) is 1. The van der Waals surface area contributed by atoms with Gasteiger partial charge in [0.15, 0.2) is 10.7 Å². The first kappa shape index (κ1) is 14.0. The molecular formula is C12H16N2O4S. The van der Waals surface area contributed by atoms with Crippen LogP contribution in [0.25, 0.3) is 0 Å². The van der Waals surface area contributed by atoms with Gasteiger partial charge in [-0.15, -0.1) is 11.3 Å². The number of hydrogen-bond donors (Lipinski definition) is 1. The second kappa shape index (κ2) is 6.12. The number of aromatic nitrogens is 1. The maximum absolute atomic E-state index is 12.1. The third-order valence-electron chi connectivity index (χ3n) is 3.13. The molecule has 2 heterocycles. The highest BCUT2D eigenvalue weighted by molar-refractivity contribution is 7.11. The number of hydrogen-bond acceptors (Lipinski definition) is 5. The van der Waals surface area contributed by atoms with Crippen LogP contribution in [0, 0.1) is 5.92 Å². The number of carboxylic acids is 1. The fourth-order valence-electron chi connectivity index (χ4n) is 2.03. The highest BCUT2D eigenvalue weighted by atomic mass is 32.1. The molecule has 7 heteroatoms. The van der Waals surface area contributed by atoms with Crippen LogP contribution in [0.15, 0.2) is 5.38 Å². The summed E-state index contributed by atoms with van der Waals surface area (Å²) in [5.74, 6) is -0.881. The molecule has 0 spiro atoms. The number of rotatable bonds is 4. The average molecular weight is 284 g/mol. The minimum absolute atomic E-state index is 0.0761. The van der Waals surface area contributed by atoms with Gasteiger partial charge in [-0.1, -0.05) is 0 Å². The Morgan fingerprint density at radius 2 is 2.21 bits per heavy atom.